The molecule has 0 aromatic heterocycles. The van der Waals surface area contributed by atoms with E-state index in [0.717, 1.165) is 12.1 Å². The molecule has 2 amide bonds. The van der Waals surface area contributed by atoms with Gasteiger partial charge >= 0.3 is 5.69 Å². The molecule has 30 heavy (non-hydrogen) atoms. The molecule has 0 bridgehead atoms. The Morgan fingerprint density at radius 1 is 1.33 bits per heavy atom. The Balaban J connectivity index is 2.32. The van der Waals surface area contributed by atoms with Crippen LogP contribution in [0.15, 0.2) is 18.2 Å². The number of methoxy groups -OCH3 is 1. The Morgan fingerprint density at radius 2 is 2.00 bits per heavy atom. The molecule has 0 radical (unpaired) electrons. The Kier molecular flexibility index (Phi) is 7.85. The fourth-order valence-electron chi connectivity index (χ4n) is 3.37. The minimum Gasteiger partial charge on any atom is -0.372 e. The van der Waals surface area contributed by atoms with E-state index >= 15 is 0 Å². The van der Waals surface area contributed by atoms with Gasteiger partial charge in [-0.05, 0) is 32.5 Å². The molecule has 1 aliphatic rings. The van der Waals surface area contributed by atoms with Gasteiger partial charge in [-0.25, -0.2) is 0 Å². The molecular weight excluding hydrogens is 395 g/mol. The molecule has 10 heteroatoms. The summed E-state index contributed by atoms with van der Waals surface area (Å²) in [5.74, 6) is -2.35. The third-order valence-electron chi connectivity index (χ3n) is 5.75. The number of hydrogen-bond donors (Lipinski definition) is 1. The standard InChI is InChI=1S/C20H29FN4O5/c1-12-11-24(9-8-23(12)4)20(27)18(22-19(26)14(3)30-5)13(2)15-6-7-17(25(28)29)16(21)10-15/h6-7,10,12-14,18H,8-9,11H2,1-5H3,(H,22,26)/t12-,13+,14+,18-/m1/s1. The van der Waals surface area contributed by atoms with Crippen LogP contribution in [0.5, 0.6) is 0 Å². The highest BCUT2D eigenvalue weighted by molar-refractivity contribution is 5.90. The molecule has 0 aliphatic carbocycles. The molecule has 0 saturated carbocycles. The number of likely N-dealkylation sites (N-methyl/N-ethyl adjacent to an activating group) is 1. The highest BCUT2D eigenvalue weighted by atomic mass is 19.1. The van der Waals surface area contributed by atoms with Crippen molar-refractivity contribution in [1.29, 1.82) is 0 Å². The van der Waals surface area contributed by atoms with E-state index in [0.29, 0.717) is 25.2 Å². The highest BCUT2D eigenvalue weighted by Gasteiger charge is 2.35. The van der Waals surface area contributed by atoms with Crippen LogP contribution in [0.2, 0.25) is 0 Å². The van der Waals surface area contributed by atoms with Gasteiger partial charge in [0.05, 0.1) is 4.92 Å². The second-order valence-electron chi connectivity index (χ2n) is 7.73. The van der Waals surface area contributed by atoms with Crippen molar-refractivity contribution in [2.45, 2.75) is 44.9 Å². The lowest BCUT2D eigenvalue weighted by molar-refractivity contribution is -0.387. The number of nitrogens with zero attached hydrogens (tertiary/aromatic N) is 3. The average molecular weight is 424 g/mol. The summed E-state index contributed by atoms with van der Waals surface area (Å²) < 4.78 is 19.2. The summed E-state index contributed by atoms with van der Waals surface area (Å²) in [5.41, 5.74) is -0.261. The smallest absolute Gasteiger partial charge is 0.304 e. The largest absolute Gasteiger partial charge is 0.372 e. The first-order valence-electron chi connectivity index (χ1n) is 9.82. The van der Waals surface area contributed by atoms with Crippen molar-refractivity contribution in [3.8, 4) is 0 Å². The summed E-state index contributed by atoms with van der Waals surface area (Å²) in [6.07, 6.45) is -0.771. The van der Waals surface area contributed by atoms with E-state index in [-0.39, 0.29) is 11.9 Å². The van der Waals surface area contributed by atoms with Gasteiger partial charge in [-0.1, -0.05) is 13.0 Å². The van der Waals surface area contributed by atoms with Gasteiger partial charge in [0.2, 0.25) is 17.6 Å². The molecule has 1 saturated heterocycles. The van der Waals surface area contributed by atoms with E-state index in [1.807, 2.05) is 14.0 Å². The molecule has 1 fully saturated rings. The van der Waals surface area contributed by atoms with Crippen LogP contribution in [-0.2, 0) is 14.3 Å². The Hall–Kier alpha value is -2.59. The first kappa shape index (κ1) is 23.7. The van der Waals surface area contributed by atoms with E-state index in [1.165, 1.54) is 13.2 Å². The number of carbonyl (C=O) groups excluding carboxylic acids is 2. The molecule has 0 unspecified atom stereocenters. The van der Waals surface area contributed by atoms with Gasteiger partial charge in [0.25, 0.3) is 0 Å². The number of rotatable bonds is 7. The molecule has 1 aliphatic heterocycles. The summed E-state index contributed by atoms with van der Waals surface area (Å²) in [4.78, 5) is 39.7. The summed E-state index contributed by atoms with van der Waals surface area (Å²) in [7, 11) is 3.37. The number of ether oxygens (including phenoxy) is 1. The minimum atomic E-state index is -0.986. The predicted molar refractivity (Wildman–Crippen MR) is 109 cm³/mol. The van der Waals surface area contributed by atoms with Gasteiger partial charge in [-0.15, -0.1) is 0 Å². The van der Waals surface area contributed by atoms with Crippen LogP contribution < -0.4 is 5.32 Å². The van der Waals surface area contributed by atoms with Crippen LogP contribution in [0, 0.1) is 15.9 Å². The van der Waals surface area contributed by atoms with E-state index in [2.05, 4.69) is 10.2 Å². The molecular formula is C20H29FN4O5. The van der Waals surface area contributed by atoms with Crippen LogP contribution in [-0.4, -0.2) is 78.5 Å². The molecule has 1 heterocycles. The SMILES string of the molecule is CO[C@@H](C)C(=O)N[C@@H](C(=O)N1CCN(C)[C@H](C)C1)[C@@H](C)c1ccc([N+](=O)[O-])c(F)c1. The molecule has 1 aromatic carbocycles. The fraction of sp³-hybridized carbons (Fsp3) is 0.600. The number of piperazine rings is 1. The molecule has 1 N–H and O–H groups in total. The lowest BCUT2D eigenvalue weighted by Gasteiger charge is -2.40. The van der Waals surface area contributed by atoms with Crippen molar-refractivity contribution < 1.29 is 23.6 Å². The zero-order chi connectivity index (χ0) is 22.6. The fourth-order valence-corrected chi connectivity index (χ4v) is 3.37. The Morgan fingerprint density at radius 3 is 2.53 bits per heavy atom. The van der Waals surface area contributed by atoms with Crippen molar-refractivity contribution >= 4 is 17.5 Å². The van der Waals surface area contributed by atoms with E-state index in [9.17, 15) is 24.1 Å². The summed E-state index contributed by atoms with van der Waals surface area (Å²) >= 11 is 0. The minimum absolute atomic E-state index is 0.157. The van der Waals surface area contributed by atoms with Crippen LogP contribution in [0.25, 0.3) is 0 Å². The second kappa shape index (κ2) is 9.94. The molecule has 9 nitrogen and oxygen atoms in total. The van der Waals surface area contributed by atoms with Gasteiger partial charge in [0.1, 0.15) is 12.1 Å². The quantitative estimate of drug-likeness (QED) is 0.526. The van der Waals surface area contributed by atoms with E-state index in [1.54, 1.807) is 18.7 Å². The number of nitrogens with one attached hydrogen (secondary N) is 1. The maximum atomic E-state index is 14.2. The lowest BCUT2D eigenvalue weighted by Crippen LogP contribution is -2.58. The highest BCUT2D eigenvalue weighted by Crippen LogP contribution is 2.26. The van der Waals surface area contributed by atoms with Gasteiger partial charge in [0, 0.05) is 44.8 Å². The summed E-state index contributed by atoms with van der Waals surface area (Å²) in [5, 5.41) is 13.6. The predicted octanol–water partition coefficient (Wildman–Crippen LogP) is 1.52. The molecule has 1 aromatic rings. The number of hydrogen-bond acceptors (Lipinski definition) is 6. The number of benzene rings is 1. The third kappa shape index (κ3) is 5.31. The second-order valence-corrected chi connectivity index (χ2v) is 7.73. The van der Waals surface area contributed by atoms with E-state index in [4.69, 9.17) is 4.74 Å². The van der Waals surface area contributed by atoms with Crippen LogP contribution >= 0.6 is 0 Å². The monoisotopic (exact) mass is 424 g/mol. The van der Waals surface area contributed by atoms with Gasteiger partial charge in [0.15, 0.2) is 0 Å². The first-order valence-corrected chi connectivity index (χ1v) is 9.82. The number of halogens is 1. The first-order chi connectivity index (χ1) is 14.1. The van der Waals surface area contributed by atoms with Crippen LogP contribution in [0.4, 0.5) is 10.1 Å². The van der Waals surface area contributed by atoms with Crippen molar-refractivity contribution in [1.82, 2.24) is 15.1 Å². The Bertz CT molecular complexity index is 805. The molecule has 166 valence electrons. The normalized spacial score (nSPS) is 20.3. The van der Waals surface area contributed by atoms with Crippen molar-refractivity contribution in [2.24, 2.45) is 0 Å². The zero-order valence-corrected chi connectivity index (χ0v) is 17.9. The lowest BCUT2D eigenvalue weighted by atomic mass is 9.91. The Labute approximate surface area is 175 Å². The summed E-state index contributed by atoms with van der Waals surface area (Å²) in [6, 6.07) is 2.71. The molecule has 0 spiro atoms. The van der Waals surface area contributed by atoms with Gasteiger partial charge in [-0.3, -0.25) is 19.7 Å². The third-order valence-corrected chi connectivity index (χ3v) is 5.75. The molecule has 4 atom stereocenters. The zero-order valence-electron chi connectivity index (χ0n) is 17.9. The number of carbonyl (C=O) groups is 2. The number of amides is 2. The topological polar surface area (TPSA) is 105 Å². The number of nitro benzene ring substituents is 1. The maximum Gasteiger partial charge on any atom is 0.304 e. The van der Waals surface area contributed by atoms with Gasteiger partial charge < -0.3 is 19.9 Å². The molecule has 2 rings (SSSR count). The van der Waals surface area contributed by atoms with Gasteiger partial charge in [-0.2, -0.15) is 4.39 Å². The average Bonchev–Trinajstić information content (AvgIpc) is 2.71. The maximum absolute atomic E-state index is 14.2. The van der Waals surface area contributed by atoms with Crippen molar-refractivity contribution in [3.63, 3.8) is 0 Å². The van der Waals surface area contributed by atoms with Crippen molar-refractivity contribution in [2.75, 3.05) is 33.8 Å². The van der Waals surface area contributed by atoms with Crippen molar-refractivity contribution in [3.05, 3.63) is 39.7 Å². The van der Waals surface area contributed by atoms with E-state index < -0.39 is 40.4 Å². The summed E-state index contributed by atoms with van der Waals surface area (Å²) in [6.45, 7) is 6.96. The number of nitro groups is 1. The van der Waals surface area contributed by atoms with Crippen LogP contribution in [0.3, 0.4) is 0 Å². The van der Waals surface area contributed by atoms with Crippen LogP contribution in [0.1, 0.15) is 32.3 Å².